The number of benzene rings is 1. The fourth-order valence-corrected chi connectivity index (χ4v) is 2.77. The molecule has 5 nitrogen and oxygen atoms in total. The molecular formula is C15H17ClN2O3. The Morgan fingerprint density at radius 3 is 2.67 bits per heavy atom. The van der Waals surface area contributed by atoms with Crippen LogP contribution in [0, 0.1) is 6.92 Å². The van der Waals surface area contributed by atoms with Crippen LogP contribution in [0.2, 0.25) is 5.02 Å². The van der Waals surface area contributed by atoms with Crippen molar-refractivity contribution >= 4 is 11.6 Å². The normalized spacial score (nSPS) is 22.2. The summed E-state index contributed by atoms with van der Waals surface area (Å²) in [5, 5.41) is 13.9. The molecule has 6 heteroatoms. The Kier molecular flexibility index (Phi) is 4.12. The third-order valence-electron chi connectivity index (χ3n) is 3.66. The van der Waals surface area contributed by atoms with E-state index in [1.165, 1.54) is 0 Å². The van der Waals surface area contributed by atoms with Crippen molar-refractivity contribution < 1.29 is 14.4 Å². The van der Waals surface area contributed by atoms with E-state index < -0.39 is 0 Å². The molecule has 112 valence electrons. The van der Waals surface area contributed by atoms with Gasteiger partial charge in [0, 0.05) is 12.5 Å². The van der Waals surface area contributed by atoms with Crippen molar-refractivity contribution in [1.29, 1.82) is 0 Å². The summed E-state index contributed by atoms with van der Waals surface area (Å²) in [6.45, 7) is 1.74. The number of aliphatic hydroxyl groups excluding tert-OH is 1. The number of halogens is 1. The van der Waals surface area contributed by atoms with Crippen LogP contribution in [0.15, 0.2) is 22.7 Å². The van der Waals surface area contributed by atoms with E-state index in [0.29, 0.717) is 16.7 Å². The molecule has 1 aliphatic carbocycles. The Hall–Kier alpha value is -1.59. The molecule has 0 spiro atoms. The molecule has 3 rings (SSSR count). The van der Waals surface area contributed by atoms with Gasteiger partial charge in [0.2, 0.25) is 11.7 Å². The number of hydrogen-bond donors (Lipinski definition) is 1. The van der Waals surface area contributed by atoms with Gasteiger partial charge in [-0.15, -0.1) is 0 Å². The number of aromatic nitrogens is 2. The van der Waals surface area contributed by atoms with Crippen LogP contribution < -0.4 is 4.74 Å². The fraction of sp³-hybridized carbons (Fsp3) is 0.467. The highest BCUT2D eigenvalue weighted by Gasteiger charge is 2.21. The molecule has 0 unspecified atom stereocenters. The van der Waals surface area contributed by atoms with Crippen molar-refractivity contribution in [3.8, 4) is 17.1 Å². The van der Waals surface area contributed by atoms with E-state index in [1.54, 1.807) is 13.0 Å². The lowest BCUT2D eigenvalue weighted by molar-refractivity contribution is 0.0666. The molecule has 0 amide bonds. The van der Waals surface area contributed by atoms with Crippen LogP contribution >= 0.6 is 11.6 Å². The average molecular weight is 309 g/mol. The SMILES string of the molecule is Cc1nc(-c2ccc(OC3CCC(O)CC3)cc2Cl)no1. The zero-order valence-corrected chi connectivity index (χ0v) is 12.5. The lowest BCUT2D eigenvalue weighted by Crippen LogP contribution is -2.26. The molecule has 1 N–H and O–H groups in total. The largest absolute Gasteiger partial charge is 0.490 e. The Morgan fingerprint density at radius 1 is 1.29 bits per heavy atom. The summed E-state index contributed by atoms with van der Waals surface area (Å²) in [5.41, 5.74) is 0.722. The Bertz CT molecular complexity index is 621. The van der Waals surface area contributed by atoms with Crippen LogP contribution in [0.5, 0.6) is 5.75 Å². The second-order valence-electron chi connectivity index (χ2n) is 5.33. The Morgan fingerprint density at radius 2 is 2.05 bits per heavy atom. The molecule has 0 bridgehead atoms. The van der Waals surface area contributed by atoms with E-state index in [2.05, 4.69) is 10.1 Å². The van der Waals surface area contributed by atoms with Gasteiger partial charge in [-0.05, 0) is 43.9 Å². The van der Waals surface area contributed by atoms with E-state index in [1.807, 2.05) is 12.1 Å². The number of rotatable bonds is 3. The van der Waals surface area contributed by atoms with Gasteiger partial charge in [0.15, 0.2) is 0 Å². The zero-order valence-electron chi connectivity index (χ0n) is 11.8. The predicted octanol–water partition coefficient (Wildman–Crippen LogP) is 3.38. The third kappa shape index (κ3) is 3.36. The highest BCUT2D eigenvalue weighted by Crippen LogP contribution is 2.31. The van der Waals surface area contributed by atoms with Crippen molar-refractivity contribution in [3.63, 3.8) is 0 Å². The predicted molar refractivity (Wildman–Crippen MR) is 78.4 cm³/mol. The first kappa shape index (κ1) is 14.4. The van der Waals surface area contributed by atoms with Gasteiger partial charge in [-0.1, -0.05) is 16.8 Å². The standard InChI is InChI=1S/C15H17ClN2O3/c1-9-17-15(18-21-9)13-7-6-12(8-14(13)16)20-11-4-2-10(19)3-5-11/h6-8,10-11,19H,2-5H2,1H3. The third-order valence-corrected chi connectivity index (χ3v) is 3.97. The maximum absolute atomic E-state index is 9.50. The van der Waals surface area contributed by atoms with Gasteiger partial charge in [-0.3, -0.25) is 0 Å². The van der Waals surface area contributed by atoms with Gasteiger partial charge in [0.25, 0.3) is 0 Å². The molecule has 1 saturated carbocycles. The van der Waals surface area contributed by atoms with Crippen LogP contribution in [-0.2, 0) is 0 Å². The topological polar surface area (TPSA) is 68.4 Å². The molecule has 0 radical (unpaired) electrons. The summed E-state index contributed by atoms with van der Waals surface area (Å²) < 4.78 is 10.9. The van der Waals surface area contributed by atoms with Gasteiger partial charge in [-0.2, -0.15) is 4.98 Å². The molecule has 1 fully saturated rings. The highest BCUT2D eigenvalue weighted by molar-refractivity contribution is 6.33. The van der Waals surface area contributed by atoms with Crippen molar-refractivity contribution in [2.45, 2.75) is 44.8 Å². The molecular weight excluding hydrogens is 292 g/mol. The van der Waals surface area contributed by atoms with Crippen LogP contribution in [0.4, 0.5) is 0 Å². The maximum atomic E-state index is 9.50. The molecule has 0 atom stereocenters. The van der Waals surface area contributed by atoms with Crippen LogP contribution in [0.3, 0.4) is 0 Å². The zero-order chi connectivity index (χ0) is 14.8. The summed E-state index contributed by atoms with van der Waals surface area (Å²) in [6, 6.07) is 5.46. The number of ether oxygens (including phenoxy) is 1. The van der Waals surface area contributed by atoms with E-state index in [9.17, 15) is 5.11 Å². The van der Waals surface area contributed by atoms with Crippen LogP contribution in [0.1, 0.15) is 31.6 Å². The lowest BCUT2D eigenvalue weighted by Gasteiger charge is -2.26. The summed E-state index contributed by atoms with van der Waals surface area (Å²) in [7, 11) is 0. The fourth-order valence-electron chi connectivity index (χ4n) is 2.51. The molecule has 0 aliphatic heterocycles. The second-order valence-corrected chi connectivity index (χ2v) is 5.73. The Labute approximate surface area is 127 Å². The molecule has 1 heterocycles. The van der Waals surface area contributed by atoms with Crippen LogP contribution in [-0.4, -0.2) is 27.5 Å². The van der Waals surface area contributed by atoms with Gasteiger partial charge in [-0.25, -0.2) is 0 Å². The lowest BCUT2D eigenvalue weighted by atomic mass is 9.95. The molecule has 1 aromatic carbocycles. The minimum atomic E-state index is -0.183. The molecule has 1 aromatic heterocycles. The van der Waals surface area contributed by atoms with Crippen molar-refractivity contribution in [2.24, 2.45) is 0 Å². The summed E-state index contributed by atoms with van der Waals surface area (Å²) in [6.07, 6.45) is 3.27. The first-order valence-electron chi connectivity index (χ1n) is 7.07. The quantitative estimate of drug-likeness (QED) is 0.941. The van der Waals surface area contributed by atoms with E-state index in [-0.39, 0.29) is 12.2 Å². The van der Waals surface area contributed by atoms with E-state index in [4.69, 9.17) is 20.9 Å². The van der Waals surface area contributed by atoms with Crippen LogP contribution in [0.25, 0.3) is 11.4 Å². The van der Waals surface area contributed by atoms with Crippen molar-refractivity contribution in [1.82, 2.24) is 10.1 Å². The summed E-state index contributed by atoms with van der Waals surface area (Å²) in [5.74, 6) is 1.71. The van der Waals surface area contributed by atoms with E-state index in [0.717, 1.165) is 37.0 Å². The number of aryl methyl sites for hydroxylation is 1. The smallest absolute Gasteiger partial charge is 0.223 e. The minimum Gasteiger partial charge on any atom is -0.490 e. The first-order valence-corrected chi connectivity index (χ1v) is 7.44. The van der Waals surface area contributed by atoms with Gasteiger partial charge < -0.3 is 14.4 Å². The maximum Gasteiger partial charge on any atom is 0.223 e. The first-order chi connectivity index (χ1) is 10.1. The average Bonchev–Trinajstić information content (AvgIpc) is 2.88. The van der Waals surface area contributed by atoms with Gasteiger partial charge >= 0.3 is 0 Å². The van der Waals surface area contributed by atoms with Crippen molar-refractivity contribution in [3.05, 3.63) is 29.1 Å². The number of hydrogen-bond acceptors (Lipinski definition) is 5. The molecule has 0 saturated heterocycles. The number of aliphatic hydroxyl groups is 1. The molecule has 2 aromatic rings. The summed E-state index contributed by atoms with van der Waals surface area (Å²) >= 11 is 6.27. The Balaban J connectivity index is 1.72. The van der Waals surface area contributed by atoms with Crippen molar-refractivity contribution in [2.75, 3.05) is 0 Å². The second kappa shape index (κ2) is 6.03. The van der Waals surface area contributed by atoms with Gasteiger partial charge in [0.05, 0.1) is 17.2 Å². The van der Waals surface area contributed by atoms with E-state index >= 15 is 0 Å². The number of nitrogens with zero attached hydrogens (tertiary/aromatic N) is 2. The van der Waals surface area contributed by atoms with Gasteiger partial charge in [0.1, 0.15) is 5.75 Å². The monoisotopic (exact) mass is 308 g/mol. The molecule has 1 aliphatic rings. The molecule has 21 heavy (non-hydrogen) atoms. The summed E-state index contributed by atoms with van der Waals surface area (Å²) in [4.78, 5) is 4.16. The minimum absolute atomic E-state index is 0.141. The highest BCUT2D eigenvalue weighted by atomic mass is 35.5.